The molecule has 0 amide bonds. The number of carbonyl (C=O) groups is 1. The Morgan fingerprint density at radius 2 is 2.43 bits per heavy atom. The second-order valence-corrected chi connectivity index (χ2v) is 2.99. The van der Waals surface area contributed by atoms with E-state index in [1.54, 1.807) is 13.0 Å². The lowest BCUT2D eigenvalue weighted by Gasteiger charge is -1.88. The summed E-state index contributed by atoms with van der Waals surface area (Å²) in [6.45, 7) is 1.80. The van der Waals surface area contributed by atoms with E-state index in [0.29, 0.717) is 11.3 Å². The molecule has 5 nitrogen and oxygen atoms in total. The number of aryl methyl sites for hydroxylation is 1. The molecule has 0 fully saturated rings. The Morgan fingerprint density at radius 1 is 1.64 bits per heavy atom. The fourth-order valence-corrected chi connectivity index (χ4v) is 1.29. The molecule has 0 spiro atoms. The number of rotatable bonds is 2. The molecule has 0 radical (unpaired) electrons. The van der Waals surface area contributed by atoms with Gasteiger partial charge in [0.2, 0.25) is 0 Å². The minimum absolute atomic E-state index is 0.117. The molecule has 14 heavy (non-hydrogen) atoms. The summed E-state index contributed by atoms with van der Waals surface area (Å²) in [6, 6.07) is 1.69. The molecule has 5 heteroatoms. The number of fused-ring (bicyclic) bond motifs is 1. The summed E-state index contributed by atoms with van der Waals surface area (Å²) in [4.78, 5) is 10.4. The van der Waals surface area contributed by atoms with Crippen molar-refractivity contribution in [3.8, 4) is 0 Å². The smallest absolute Gasteiger partial charge is 0.311 e. The highest BCUT2D eigenvalue weighted by atomic mass is 16.4. The predicted molar refractivity (Wildman–Crippen MR) is 47.9 cm³/mol. The average molecular weight is 192 g/mol. The van der Waals surface area contributed by atoms with E-state index in [2.05, 4.69) is 10.2 Å². The van der Waals surface area contributed by atoms with Gasteiger partial charge in [-0.3, -0.25) is 4.79 Å². The van der Waals surface area contributed by atoms with E-state index >= 15 is 0 Å². The quantitative estimate of drug-likeness (QED) is 0.772. The Balaban J connectivity index is 2.51. The van der Waals surface area contributed by atoms with Crippen molar-refractivity contribution in [2.45, 2.75) is 13.3 Å². The maximum absolute atomic E-state index is 10.4. The fraction of sp³-hybridized carbons (Fsp3) is 0.222. The summed E-state index contributed by atoms with van der Waals surface area (Å²) >= 11 is 0. The number of aliphatic carboxylic acids is 1. The molecule has 2 heterocycles. The van der Waals surface area contributed by atoms with Gasteiger partial charge in [-0.25, -0.2) is 0 Å². The number of hydrogen-bond acceptors (Lipinski definition) is 4. The Morgan fingerprint density at radius 3 is 3.07 bits per heavy atom. The van der Waals surface area contributed by atoms with Gasteiger partial charge in [0.25, 0.3) is 0 Å². The molecular weight excluding hydrogens is 184 g/mol. The van der Waals surface area contributed by atoms with Gasteiger partial charge in [0.15, 0.2) is 5.58 Å². The van der Waals surface area contributed by atoms with Crippen molar-refractivity contribution in [3.63, 3.8) is 0 Å². The molecule has 0 aliphatic carbocycles. The molecule has 2 aromatic heterocycles. The summed E-state index contributed by atoms with van der Waals surface area (Å²) in [7, 11) is 0. The van der Waals surface area contributed by atoms with E-state index in [4.69, 9.17) is 9.52 Å². The average Bonchev–Trinajstić information content (AvgIpc) is 2.47. The predicted octanol–water partition coefficient (Wildman–Crippen LogP) is 1.16. The van der Waals surface area contributed by atoms with Crippen LogP contribution in [0.1, 0.15) is 11.5 Å². The van der Waals surface area contributed by atoms with Crippen molar-refractivity contribution in [1.82, 2.24) is 10.2 Å². The summed E-state index contributed by atoms with van der Waals surface area (Å²) in [5, 5.41) is 16.9. The van der Waals surface area contributed by atoms with Crippen LogP contribution in [0.25, 0.3) is 11.0 Å². The minimum Gasteiger partial charge on any atom is -0.481 e. The van der Waals surface area contributed by atoms with E-state index in [1.807, 2.05) is 0 Å². The zero-order valence-corrected chi connectivity index (χ0v) is 7.52. The van der Waals surface area contributed by atoms with Gasteiger partial charge in [-0.15, -0.1) is 0 Å². The van der Waals surface area contributed by atoms with Crippen LogP contribution in [-0.4, -0.2) is 21.3 Å². The van der Waals surface area contributed by atoms with Gasteiger partial charge >= 0.3 is 5.97 Å². The van der Waals surface area contributed by atoms with Crippen LogP contribution in [-0.2, 0) is 11.2 Å². The Hall–Kier alpha value is -1.91. The number of carboxylic acid groups (broad SMARTS) is 1. The van der Waals surface area contributed by atoms with Crippen LogP contribution in [0, 0.1) is 6.92 Å². The van der Waals surface area contributed by atoms with Crippen LogP contribution in [0.2, 0.25) is 0 Å². The normalized spacial score (nSPS) is 10.6. The van der Waals surface area contributed by atoms with Crippen LogP contribution in [0.5, 0.6) is 0 Å². The lowest BCUT2D eigenvalue weighted by molar-refractivity contribution is -0.136. The van der Waals surface area contributed by atoms with Crippen LogP contribution in [0.3, 0.4) is 0 Å². The molecule has 0 aromatic carbocycles. The lowest BCUT2D eigenvalue weighted by atomic mass is 10.2. The molecule has 0 saturated carbocycles. The highest BCUT2D eigenvalue weighted by molar-refractivity contribution is 5.80. The van der Waals surface area contributed by atoms with Crippen LogP contribution < -0.4 is 0 Å². The molecule has 1 N–H and O–H groups in total. The van der Waals surface area contributed by atoms with Gasteiger partial charge in [0, 0.05) is 5.39 Å². The first kappa shape index (κ1) is 8.68. The van der Waals surface area contributed by atoms with Crippen LogP contribution in [0.4, 0.5) is 0 Å². The summed E-state index contributed by atoms with van der Waals surface area (Å²) in [6.07, 6.45) is 1.36. The molecule has 0 bridgehead atoms. The topological polar surface area (TPSA) is 76.2 Å². The largest absolute Gasteiger partial charge is 0.481 e. The second kappa shape index (κ2) is 3.10. The van der Waals surface area contributed by atoms with Crippen LogP contribution in [0.15, 0.2) is 16.7 Å². The Kier molecular flexibility index (Phi) is 1.92. The number of furan rings is 1. The van der Waals surface area contributed by atoms with Crippen molar-refractivity contribution in [2.24, 2.45) is 0 Å². The van der Waals surface area contributed by atoms with Gasteiger partial charge in [-0.05, 0) is 13.0 Å². The van der Waals surface area contributed by atoms with Crippen molar-refractivity contribution in [1.29, 1.82) is 0 Å². The van der Waals surface area contributed by atoms with E-state index < -0.39 is 5.97 Å². The van der Waals surface area contributed by atoms with E-state index in [9.17, 15) is 4.79 Å². The van der Waals surface area contributed by atoms with Gasteiger partial charge in [-0.2, -0.15) is 10.2 Å². The number of nitrogens with zero attached hydrogens (tertiary/aromatic N) is 2. The zero-order valence-electron chi connectivity index (χ0n) is 7.52. The van der Waals surface area contributed by atoms with Gasteiger partial charge in [-0.1, -0.05) is 0 Å². The molecule has 0 saturated heterocycles. The minimum atomic E-state index is -0.914. The van der Waals surface area contributed by atoms with Crippen molar-refractivity contribution < 1.29 is 14.3 Å². The molecule has 0 unspecified atom stereocenters. The SMILES string of the molecule is Cc1nncc2oc(CC(=O)O)cc12. The monoisotopic (exact) mass is 192 g/mol. The Labute approximate surface area is 79.4 Å². The summed E-state index contributed by atoms with van der Waals surface area (Å²) in [5.41, 5.74) is 1.32. The third-order valence-corrected chi connectivity index (χ3v) is 1.91. The maximum atomic E-state index is 10.4. The highest BCUT2D eigenvalue weighted by Crippen LogP contribution is 2.20. The molecule has 0 atom stereocenters. The van der Waals surface area contributed by atoms with E-state index in [0.717, 1.165) is 11.1 Å². The van der Waals surface area contributed by atoms with Crippen molar-refractivity contribution >= 4 is 16.9 Å². The molecule has 2 rings (SSSR count). The third kappa shape index (κ3) is 1.44. The van der Waals surface area contributed by atoms with E-state index in [1.165, 1.54) is 6.20 Å². The second-order valence-electron chi connectivity index (χ2n) is 2.99. The van der Waals surface area contributed by atoms with Crippen molar-refractivity contribution in [2.75, 3.05) is 0 Å². The third-order valence-electron chi connectivity index (χ3n) is 1.91. The van der Waals surface area contributed by atoms with Gasteiger partial charge in [0.05, 0.1) is 11.9 Å². The first-order chi connectivity index (χ1) is 6.66. The van der Waals surface area contributed by atoms with Gasteiger partial charge in [0.1, 0.15) is 12.2 Å². The zero-order chi connectivity index (χ0) is 10.1. The standard InChI is InChI=1S/C9H8N2O3/c1-5-7-2-6(3-9(12)13)14-8(7)4-10-11-5/h2,4H,3H2,1H3,(H,12,13). The molecule has 0 aliphatic rings. The fourth-order valence-electron chi connectivity index (χ4n) is 1.29. The summed E-state index contributed by atoms with van der Waals surface area (Å²) < 4.78 is 5.28. The number of carboxylic acids is 1. The molecule has 2 aromatic rings. The summed E-state index contributed by atoms with van der Waals surface area (Å²) in [5.74, 6) is -0.493. The number of hydrogen-bond donors (Lipinski definition) is 1. The highest BCUT2D eigenvalue weighted by Gasteiger charge is 2.09. The van der Waals surface area contributed by atoms with Gasteiger partial charge < -0.3 is 9.52 Å². The molecular formula is C9H8N2O3. The lowest BCUT2D eigenvalue weighted by Crippen LogP contribution is -1.97. The number of aromatic nitrogens is 2. The van der Waals surface area contributed by atoms with E-state index in [-0.39, 0.29) is 6.42 Å². The van der Waals surface area contributed by atoms with Crippen LogP contribution >= 0.6 is 0 Å². The maximum Gasteiger partial charge on any atom is 0.311 e. The molecule has 72 valence electrons. The first-order valence-corrected chi connectivity index (χ1v) is 4.09. The van der Waals surface area contributed by atoms with Crippen molar-refractivity contribution in [3.05, 3.63) is 23.7 Å². The Bertz CT molecular complexity index is 490. The first-order valence-electron chi connectivity index (χ1n) is 4.09. The molecule has 0 aliphatic heterocycles.